The molecule has 3 heterocycles. The molecule has 5 aromatic rings. The average Bonchev–Trinajstić information content (AvgIpc) is 3.75. The quantitative estimate of drug-likeness (QED) is 0.253. The van der Waals surface area contributed by atoms with E-state index in [-0.39, 0.29) is 23.4 Å². The number of nitrogens with zero attached hydrogens (tertiary/aromatic N) is 2. The van der Waals surface area contributed by atoms with Crippen LogP contribution >= 0.6 is 11.6 Å². The Morgan fingerprint density at radius 3 is 2.69 bits per heavy atom. The fraction of sp³-hybridized carbons (Fsp3) is 0.143. The molecule has 11 heteroatoms. The second-order valence-corrected chi connectivity index (χ2v) is 11.8. The van der Waals surface area contributed by atoms with Gasteiger partial charge in [0.25, 0.3) is 11.5 Å². The van der Waals surface area contributed by atoms with E-state index in [0.29, 0.717) is 45.4 Å². The van der Waals surface area contributed by atoms with Crippen LogP contribution in [0.1, 0.15) is 34.5 Å². The van der Waals surface area contributed by atoms with Crippen LogP contribution in [0.15, 0.2) is 71.8 Å². The number of H-pyrrole nitrogens is 1. The molecule has 3 N–H and O–H groups in total. The third-order valence-corrected chi connectivity index (χ3v) is 9.13. The van der Waals surface area contributed by atoms with Gasteiger partial charge in [-0.25, -0.2) is 13.1 Å². The van der Waals surface area contributed by atoms with E-state index in [1.165, 1.54) is 6.20 Å². The molecule has 3 aromatic heterocycles. The van der Waals surface area contributed by atoms with Crippen LogP contribution in [-0.2, 0) is 16.6 Å². The number of hydrogen-bond acceptors (Lipinski definition) is 6. The van der Waals surface area contributed by atoms with Gasteiger partial charge in [0.15, 0.2) is 0 Å². The molecule has 0 aliphatic heterocycles. The van der Waals surface area contributed by atoms with Gasteiger partial charge in [0.2, 0.25) is 10.0 Å². The van der Waals surface area contributed by atoms with E-state index in [1.54, 1.807) is 41.1 Å². The first-order chi connectivity index (χ1) is 18.8. The number of halogens is 1. The highest BCUT2D eigenvalue weighted by atomic mass is 35.5. The van der Waals surface area contributed by atoms with Crippen molar-refractivity contribution >= 4 is 55.6 Å². The molecule has 1 saturated carbocycles. The first-order valence-corrected chi connectivity index (χ1v) is 14.1. The Hall–Kier alpha value is -4.28. The minimum Gasteiger partial charge on any atom is -0.331 e. The Labute approximate surface area is 228 Å². The summed E-state index contributed by atoms with van der Waals surface area (Å²) in [6.45, 7) is 0.0775. The molecule has 1 aliphatic rings. The summed E-state index contributed by atoms with van der Waals surface area (Å²) in [4.78, 5) is 33.9. The summed E-state index contributed by atoms with van der Waals surface area (Å²) >= 11 is 6.79. The van der Waals surface area contributed by atoms with Gasteiger partial charge in [0, 0.05) is 51.6 Å². The van der Waals surface area contributed by atoms with Crippen molar-refractivity contribution in [1.29, 1.82) is 5.41 Å². The lowest BCUT2D eigenvalue weighted by Crippen LogP contribution is -2.35. The second-order valence-electron chi connectivity index (χ2n) is 9.43. The van der Waals surface area contributed by atoms with E-state index < -0.39 is 26.7 Å². The maximum absolute atomic E-state index is 13.8. The van der Waals surface area contributed by atoms with Gasteiger partial charge in [0.05, 0.1) is 22.3 Å². The highest BCUT2D eigenvalue weighted by Crippen LogP contribution is 2.37. The molecule has 9 nitrogen and oxygen atoms in total. The van der Waals surface area contributed by atoms with Gasteiger partial charge in [-0.1, -0.05) is 35.9 Å². The topological polar surface area (TPSA) is 138 Å². The molecule has 0 unspecified atom stereocenters. The minimum atomic E-state index is -3.89. The van der Waals surface area contributed by atoms with Gasteiger partial charge in [-0.2, -0.15) is 0 Å². The Morgan fingerprint density at radius 2 is 1.95 bits per heavy atom. The van der Waals surface area contributed by atoms with E-state index in [1.807, 2.05) is 24.3 Å². The number of pyridine rings is 2. The molecule has 1 fully saturated rings. The fourth-order valence-electron chi connectivity index (χ4n) is 4.82. The van der Waals surface area contributed by atoms with E-state index in [0.717, 1.165) is 11.6 Å². The van der Waals surface area contributed by atoms with Crippen molar-refractivity contribution in [1.82, 2.24) is 19.3 Å². The van der Waals surface area contributed by atoms with Crippen LogP contribution in [0.2, 0.25) is 5.02 Å². The SMILES string of the molecule is N=Cc1ccc2c(c1)c(-c1ccc[nH]c1=O)c(C(=O)NS(=O)(=O)C1CC1)n2Cc1cnc2ccccc2c1Cl. The largest absolute Gasteiger partial charge is 0.331 e. The molecule has 6 rings (SSSR count). The van der Waals surface area contributed by atoms with Crippen LogP contribution in [0, 0.1) is 5.41 Å². The molecular weight excluding hydrogens is 538 g/mol. The Bertz CT molecular complexity index is 1980. The molecule has 1 aliphatic carbocycles. The molecule has 39 heavy (non-hydrogen) atoms. The maximum Gasteiger partial charge on any atom is 0.282 e. The summed E-state index contributed by atoms with van der Waals surface area (Å²) in [5.41, 5.74) is 2.45. The zero-order valence-electron chi connectivity index (χ0n) is 20.4. The van der Waals surface area contributed by atoms with Gasteiger partial charge in [0.1, 0.15) is 5.69 Å². The maximum atomic E-state index is 13.8. The molecule has 2 aromatic carbocycles. The number of carbonyl (C=O) groups excluding carboxylic acids is 1. The second kappa shape index (κ2) is 9.48. The van der Waals surface area contributed by atoms with Crippen molar-refractivity contribution in [2.75, 3.05) is 0 Å². The van der Waals surface area contributed by atoms with Gasteiger partial charge in [-0.3, -0.25) is 14.6 Å². The van der Waals surface area contributed by atoms with E-state index in [9.17, 15) is 18.0 Å². The van der Waals surface area contributed by atoms with E-state index in [4.69, 9.17) is 17.0 Å². The molecular formula is C28H22ClN5O4S. The van der Waals surface area contributed by atoms with Crippen molar-refractivity contribution in [3.8, 4) is 11.1 Å². The lowest BCUT2D eigenvalue weighted by molar-refractivity contribution is 0.0974. The predicted molar refractivity (Wildman–Crippen MR) is 151 cm³/mol. The van der Waals surface area contributed by atoms with E-state index in [2.05, 4.69) is 14.7 Å². The summed E-state index contributed by atoms with van der Waals surface area (Å²) in [5, 5.41) is 8.85. The number of carbonyl (C=O) groups is 1. The molecule has 0 radical (unpaired) electrons. The zero-order chi connectivity index (χ0) is 27.3. The third-order valence-electron chi connectivity index (χ3n) is 6.87. The molecule has 0 atom stereocenters. The Morgan fingerprint density at radius 1 is 1.15 bits per heavy atom. The smallest absolute Gasteiger partial charge is 0.282 e. The number of aromatic nitrogens is 3. The van der Waals surface area contributed by atoms with E-state index >= 15 is 0 Å². The first-order valence-electron chi connectivity index (χ1n) is 12.2. The fourth-order valence-corrected chi connectivity index (χ4v) is 6.37. The molecule has 196 valence electrons. The van der Waals surface area contributed by atoms with Crippen LogP contribution in [0.25, 0.3) is 32.9 Å². The van der Waals surface area contributed by atoms with Crippen LogP contribution in [0.4, 0.5) is 0 Å². The number of benzene rings is 2. The number of para-hydroxylation sites is 1. The summed E-state index contributed by atoms with van der Waals surface area (Å²) < 4.78 is 29.5. The number of hydrogen-bond donors (Lipinski definition) is 3. The van der Waals surface area contributed by atoms with Crippen molar-refractivity contribution in [3.63, 3.8) is 0 Å². The Balaban J connectivity index is 1.64. The highest BCUT2D eigenvalue weighted by molar-refractivity contribution is 7.91. The highest BCUT2D eigenvalue weighted by Gasteiger charge is 2.38. The monoisotopic (exact) mass is 559 g/mol. The van der Waals surface area contributed by atoms with Gasteiger partial charge >= 0.3 is 0 Å². The molecule has 0 spiro atoms. The predicted octanol–water partition coefficient (Wildman–Crippen LogP) is 4.47. The average molecular weight is 560 g/mol. The van der Waals surface area contributed by atoms with Crippen LogP contribution < -0.4 is 10.3 Å². The third kappa shape index (κ3) is 4.41. The van der Waals surface area contributed by atoms with Crippen LogP contribution in [-0.4, -0.2) is 40.3 Å². The molecule has 0 saturated heterocycles. The number of aromatic amines is 1. The van der Waals surface area contributed by atoms with Crippen molar-refractivity contribution in [2.24, 2.45) is 0 Å². The van der Waals surface area contributed by atoms with Gasteiger partial charge < -0.3 is 15.0 Å². The van der Waals surface area contributed by atoms with Gasteiger partial charge in [-0.05, 0) is 48.7 Å². The van der Waals surface area contributed by atoms with Crippen LogP contribution in [0.3, 0.4) is 0 Å². The zero-order valence-corrected chi connectivity index (χ0v) is 22.0. The number of amides is 1. The summed E-state index contributed by atoms with van der Waals surface area (Å²) in [6.07, 6.45) is 5.23. The van der Waals surface area contributed by atoms with Crippen molar-refractivity contribution in [3.05, 3.63) is 99.2 Å². The number of rotatable bonds is 7. The Kier molecular flexibility index (Phi) is 6.08. The number of nitrogens with one attached hydrogen (secondary N) is 3. The normalized spacial score (nSPS) is 13.6. The minimum absolute atomic E-state index is 0.00252. The summed E-state index contributed by atoms with van der Waals surface area (Å²) in [6, 6.07) is 15.8. The molecule has 0 bridgehead atoms. The van der Waals surface area contributed by atoms with Crippen molar-refractivity contribution < 1.29 is 13.2 Å². The standard InChI is InChI=1S/C28H22ClN5O4S/c29-25-17(14-32-22-6-2-1-4-19(22)25)15-34-23-10-7-16(13-30)12-21(23)24(20-5-3-11-31-27(20)35)26(34)28(36)33-39(37,38)18-8-9-18/h1-7,10-14,18,30H,8-9,15H2,(H,31,35)(H,33,36). The summed E-state index contributed by atoms with van der Waals surface area (Å²) in [7, 11) is -3.89. The lowest BCUT2D eigenvalue weighted by atomic mass is 10.0. The number of fused-ring (bicyclic) bond motifs is 2. The lowest BCUT2D eigenvalue weighted by Gasteiger charge is -2.14. The summed E-state index contributed by atoms with van der Waals surface area (Å²) in [5.74, 6) is -0.849. The van der Waals surface area contributed by atoms with Gasteiger partial charge in [-0.15, -0.1) is 0 Å². The van der Waals surface area contributed by atoms with Crippen LogP contribution in [0.5, 0.6) is 0 Å². The van der Waals surface area contributed by atoms with Crippen molar-refractivity contribution in [2.45, 2.75) is 24.6 Å². The number of sulfonamides is 1. The molecule has 1 amide bonds. The first kappa shape index (κ1) is 25.0.